The number of hydrogen-bond donors (Lipinski definition) is 1. The molecule has 90 valence electrons. The van der Waals surface area contributed by atoms with Crippen molar-refractivity contribution in [2.45, 2.75) is 0 Å². The third-order valence-electron chi connectivity index (χ3n) is 2.74. The van der Waals surface area contributed by atoms with Crippen LogP contribution in [-0.2, 0) is 0 Å². The molecule has 0 fully saturated rings. The molecule has 0 atom stereocenters. The Bertz CT molecular complexity index is 758. The van der Waals surface area contributed by atoms with Crippen LogP contribution in [0.1, 0.15) is 0 Å². The van der Waals surface area contributed by atoms with Crippen LogP contribution < -0.4 is 10.3 Å². The molecular weight excluding hydrogens is 230 g/mol. The molecule has 0 spiro atoms. The van der Waals surface area contributed by atoms with Crippen LogP contribution in [0.2, 0.25) is 0 Å². The molecule has 0 unspecified atom stereocenters. The molecule has 5 nitrogen and oxygen atoms in total. The van der Waals surface area contributed by atoms with E-state index in [4.69, 9.17) is 4.74 Å². The summed E-state index contributed by atoms with van der Waals surface area (Å²) in [5.74, 6) is 1.32. The standard InChI is InChI=1S/C13H11N3O2/c1-18-10-6-3-2-5-9(10)13-14-11-7-4-8-12(17)16(11)15-13/h2-8H,1H3,(H,14,15). The maximum Gasteiger partial charge on any atom is 0.271 e. The molecule has 18 heavy (non-hydrogen) atoms. The van der Waals surface area contributed by atoms with E-state index < -0.39 is 0 Å². The lowest BCUT2D eigenvalue weighted by Gasteiger charge is -2.04. The van der Waals surface area contributed by atoms with Crippen LogP contribution >= 0.6 is 0 Å². The highest BCUT2D eigenvalue weighted by molar-refractivity contribution is 5.65. The van der Waals surface area contributed by atoms with Crippen molar-refractivity contribution in [2.75, 3.05) is 7.11 Å². The van der Waals surface area contributed by atoms with E-state index in [0.29, 0.717) is 17.2 Å². The van der Waals surface area contributed by atoms with Crippen molar-refractivity contribution in [2.24, 2.45) is 0 Å². The minimum atomic E-state index is -0.138. The number of aromatic nitrogens is 3. The Hall–Kier alpha value is -2.56. The van der Waals surface area contributed by atoms with Gasteiger partial charge >= 0.3 is 0 Å². The van der Waals surface area contributed by atoms with Gasteiger partial charge in [-0.15, -0.1) is 0 Å². The third kappa shape index (κ3) is 1.57. The van der Waals surface area contributed by atoms with Crippen LogP contribution in [0.3, 0.4) is 0 Å². The van der Waals surface area contributed by atoms with Gasteiger partial charge in [0, 0.05) is 6.07 Å². The van der Waals surface area contributed by atoms with Crippen LogP contribution in [-0.4, -0.2) is 21.7 Å². The third-order valence-corrected chi connectivity index (χ3v) is 2.74. The lowest BCUT2D eigenvalue weighted by molar-refractivity contribution is 0.416. The molecule has 0 bridgehead atoms. The zero-order chi connectivity index (χ0) is 12.5. The van der Waals surface area contributed by atoms with E-state index in [1.807, 2.05) is 24.3 Å². The fraction of sp³-hybridized carbons (Fsp3) is 0.0769. The molecule has 1 N–H and O–H groups in total. The Labute approximate surface area is 103 Å². The summed E-state index contributed by atoms with van der Waals surface area (Å²) in [6.45, 7) is 0. The monoisotopic (exact) mass is 241 g/mol. The van der Waals surface area contributed by atoms with Crippen molar-refractivity contribution < 1.29 is 4.74 Å². The first-order valence-electron chi connectivity index (χ1n) is 5.51. The second-order valence-electron chi connectivity index (χ2n) is 3.83. The van der Waals surface area contributed by atoms with Crippen molar-refractivity contribution in [1.82, 2.24) is 14.6 Å². The number of para-hydroxylation sites is 1. The van der Waals surface area contributed by atoms with Gasteiger partial charge in [-0.2, -0.15) is 4.52 Å². The van der Waals surface area contributed by atoms with E-state index in [9.17, 15) is 4.79 Å². The fourth-order valence-corrected chi connectivity index (χ4v) is 1.88. The molecule has 3 rings (SSSR count). The number of H-pyrrole nitrogens is 1. The molecule has 1 aromatic carbocycles. The average Bonchev–Trinajstić information content (AvgIpc) is 2.84. The summed E-state index contributed by atoms with van der Waals surface area (Å²) in [7, 11) is 1.60. The van der Waals surface area contributed by atoms with E-state index in [-0.39, 0.29) is 5.56 Å². The normalized spacial score (nSPS) is 10.7. The van der Waals surface area contributed by atoms with Gasteiger partial charge in [0.05, 0.1) is 12.7 Å². The summed E-state index contributed by atoms with van der Waals surface area (Å²) in [5.41, 5.74) is 1.27. The molecule has 2 aromatic heterocycles. The Morgan fingerprint density at radius 2 is 2.00 bits per heavy atom. The highest BCUT2D eigenvalue weighted by Crippen LogP contribution is 2.26. The minimum Gasteiger partial charge on any atom is -0.496 e. The van der Waals surface area contributed by atoms with Gasteiger partial charge in [0.25, 0.3) is 5.56 Å². The summed E-state index contributed by atoms with van der Waals surface area (Å²) in [5, 5.41) is 2.97. The topological polar surface area (TPSA) is 59.4 Å². The molecular formula is C13H11N3O2. The minimum absolute atomic E-state index is 0.138. The van der Waals surface area contributed by atoms with Gasteiger partial charge in [-0.05, 0) is 18.2 Å². The summed E-state index contributed by atoms with van der Waals surface area (Å²) >= 11 is 0. The van der Waals surface area contributed by atoms with Crippen molar-refractivity contribution in [1.29, 1.82) is 0 Å². The molecule has 0 radical (unpaired) electrons. The summed E-state index contributed by atoms with van der Waals surface area (Å²) in [4.78, 5) is 16.0. The number of aromatic amines is 1. The van der Waals surface area contributed by atoms with Crippen LogP contribution in [0.4, 0.5) is 0 Å². The van der Waals surface area contributed by atoms with Crippen molar-refractivity contribution in [3.8, 4) is 17.1 Å². The SMILES string of the molecule is COc1ccccc1-c1nc2cccc(=O)n2[nH]1. The molecule has 3 aromatic rings. The maximum atomic E-state index is 11.6. The number of hydrogen-bond acceptors (Lipinski definition) is 3. The van der Waals surface area contributed by atoms with Gasteiger partial charge in [-0.1, -0.05) is 18.2 Å². The van der Waals surface area contributed by atoms with E-state index in [0.717, 1.165) is 5.56 Å². The number of nitrogens with one attached hydrogen (secondary N) is 1. The van der Waals surface area contributed by atoms with Crippen LogP contribution in [0.5, 0.6) is 5.75 Å². The zero-order valence-corrected chi connectivity index (χ0v) is 9.75. The van der Waals surface area contributed by atoms with Gasteiger partial charge in [0.1, 0.15) is 5.75 Å². The van der Waals surface area contributed by atoms with Gasteiger partial charge in [0.15, 0.2) is 11.5 Å². The van der Waals surface area contributed by atoms with Crippen LogP contribution in [0.25, 0.3) is 17.0 Å². The molecule has 5 heteroatoms. The summed E-state index contributed by atoms with van der Waals surface area (Å²) < 4.78 is 6.68. The molecule has 0 aliphatic heterocycles. The molecule has 0 amide bonds. The molecule has 2 heterocycles. The summed E-state index contributed by atoms with van der Waals surface area (Å²) in [6, 6.07) is 12.5. The zero-order valence-electron chi connectivity index (χ0n) is 9.75. The molecule has 0 aliphatic carbocycles. The average molecular weight is 241 g/mol. The fourth-order valence-electron chi connectivity index (χ4n) is 1.88. The smallest absolute Gasteiger partial charge is 0.271 e. The lowest BCUT2D eigenvalue weighted by Crippen LogP contribution is -2.11. The van der Waals surface area contributed by atoms with E-state index in [1.165, 1.54) is 10.6 Å². The number of benzene rings is 1. The quantitative estimate of drug-likeness (QED) is 0.742. The first kappa shape index (κ1) is 10.6. The van der Waals surface area contributed by atoms with Crippen molar-refractivity contribution in [3.05, 3.63) is 52.8 Å². The summed E-state index contributed by atoms with van der Waals surface area (Å²) in [6.07, 6.45) is 0. The second-order valence-corrected chi connectivity index (χ2v) is 3.83. The van der Waals surface area contributed by atoms with E-state index >= 15 is 0 Å². The highest BCUT2D eigenvalue weighted by Gasteiger charge is 2.10. The highest BCUT2D eigenvalue weighted by atomic mass is 16.5. The van der Waals surface area contributed by atoms with Gasteiger partial charge in [-0.25, -0.2) is 4.98 Å². The lowest BCUT2D eigenvalue weighted by atomic mass is 10.2. The predicted octanol–water partition coefficient (Wildman–Crippen LogP) is 1.70. The number of rotatable bonds is 2. The number of methoxy groups -OCH3 is 1. The predicted molar refractivity (Wildman–Crippen MR) is 67.8 cm³/mol. The maximum absolute atomic E-state index is 11.6. The van der Waals surface area contributed by atoms with Gasteiger partial charge < -0.3 is 4.74 Å². The Balaban J connectivity index is 2.26. The number of pyridine rings is 1. The van der Waals surface area contributed by atoms with Crippen molar-refractivity contribution >= 4 is 5.65 Å². The number of ether oxygens (including phenoxy) is 1. The molecule has 0 saturated heterocycles. The van der Waals surface area contributed by atoms with E-state index in [2.05, 4.69) is 10.1 Å². The van der Waals surface area contributed by atoms with E-state index in [1.54, 1.807) is 19.2 Å². The Morgan fingerprint density at radius 3 is 2.78 bits per heavy atom. The Kier molecular flexibility index (Phi) is 2.37. The first-order chi connectivity index (χ1) is 8.79. The number of nitrogens with zero attached hydrogens (tertiary/aromatic N) is 2. The first-order valence-corrected chi connectivity index (χ1v) is 5.51. The molecule has 0 saturated carbocycles. The van der Waals surface area contributed by atoms with Crippen LogP contribution in [0.15, 0.2) is 47.3 Å². The largest absolute Gasteiger partial charge is 0.496 e. The van der Waals surface area contributed by atoms with Gasteiger partial charge in [-0.3, -0.25) is 9.89 Å². The van der Waals surface area contributed by atoms with Gasteiger partial charge in [0.2, 0.25) is 0 Å². The second kappa shape index (κ2) is 4.03. The Morgan fingerprint density at radius 1 is 1.17 bits per heavy atom. The number of fused-ring (bicyclic) bond motifs is 1. The van der Waals surface area contributed by atoms with Crippen molar-refractivity contribution in [3.63, 3.8) is 0 Å². The van der Waals surface area contributed by atoms with Crippen LogP contribution in [0, 0.1) is 0 Å². The molecule has 0 aliphatic rings.